The summed E-state index contributed by atoms with van der Waals surface area (Å²) in [6.45, 7) is 4.42. The van der Waals surface area contributed by atoms with Gasteiger partial charge < -0.3 is 5.32 Å². The Labute approximate surface area is 128 Å². The first-order chi connectivity index (χ1) is 10.2. The number of aryl methyl sites for hydroxylation is 2. The normalized spacial score (nSPS) is 16.5. The second-order valence-electron chi connectivity index (χ2n) is 6.33. The summed E-state index contributed by atoms with van der Waals surface area (Å²) in [5, 5.41) is 3.52. The van der Waals surface area contributed by atoms with E-state index in [1.54, 1.807) is 0 Å². The average Bonchev–Trinajstić information content (AvgIpc) is 2.41. The van der Waals surface area contributed by atoms with Crippen LogP contribution < -0.4 is 5.32 Å². The molecular weight excluding hydrogens is 254 g/mol. The van der Waals surface area contributed by atoms with Crippen LogP contribution >= 0.6 is 0 Å². The largest absolute Gasteiger partial charge is 0.309 e. The fraction of sp³-hybridized carbons (Fsp3) is 0.400. The van der Waals surface area contributed by atoms with Crippen LogP contribution in [0.2, 0.25) is 0 Å². The molecule has 21 heavy (non-hydrogen) atoms. The predicted octanol–water partition coefficient (Wildman–Crippen LogP) is 4.88. The van der Waals surface area contributed by atoms with Crippen LogP contribution in [0.15, 0.2) is 42.5 Å². The van der Waals surface area contributed by atoms with E-state index in [4.69, 9.17) is 0 Å². The summed E-state index contributed by atoms with van der Waals surface area (Å²) < 4.78 is 0. The Kier molecular flexibility index (Phi) is 4.12. The van der Waals surface area contributed by atoms with Crippen LogP contribution in [0.25, 0.3) is 0 Å². The summed E-state index contributed by atoms with van der Waals surface area (Å²) in [6, 6.07) is 16.0. The smallest absolute Gasteiger partial charge is 0.0579 e. The fourth-order valence-corrected chi connectivity index (χ4v) is 3.49. The van der Waals surface area contributed by atoms with Gasteiger partial charge >= 0.3 is 0 Å². The zero-order chi connectivity index (χ0) is 14.8. The maximum atomic E-state index is 3.52. The summed E-state index contributed by atoms with van der Waals surface area (Å²) in [7, 11) is 2.06. The molecule has 0 bridgehead atoms. The highest BCUT2D eigenvalue weighted by Gasteiger charge is 2.21. The first kappa shape index (κ1) is 14.3. The van der Waals surface area contributed by atoms with Gasteiger partial charge in [-0.15, -0.1) is 0 Å². The molecule has 0 amide bonds. The maximum absolute atomic E-state index is 3.52. The van der Waals surface area contributed by atoms with Crippen molar-refractivity contribution in [1.82, 2.24) is 5.32 Å². The highest BCUT2D eigenvalue weighted by atomic mass is 14.9. The van der Waals surface area contributed by atoms with Gasteiger partial charge in [0.25, 0.3) is 0 Å². The Morgan fingerprint density at radius 1 is 1.00 bits per heavy atom. The van der Waals surface area contributed by atoms with Gasteiger partial charge in [-0.2, -0.15) is 0 Å². The highest BCUT2D eigenvalue weighted by Crippen LogP contribution is 2.38. The molecule has 110 valence electrons. The van der Waals surface area contributed by atoms with E-state index in [0.717, 1.165) is 5.92 Å². The Morgan fingerprint density at radius 3 is 2.24 bits per heavy atom. The van der Waals surface area contributed by atoms with Gasteiger partial charge in [-0.05, 0) is 67.5 Å². The first-order valence-corrected chi connectivity index (χ1v) is 8.04. The summed E-state index contributed by atoms with van der Waals surface area (Å²) in [4.78, 5) is 0. The number of rotatable bonds is 4. The van der Waals surface area contributed by atoms with Crippen LogP contribution in [-0.4, -0.2) is 7.05 Å². The molecule has 0 aliphatic heterocycles. The average molecular weight is 279 g/mol. The molecule has 1 N–H and O–H groups in total. The number of hydrogen-bond acceptors (Lipinski definition) is 1. The zero-order valence-electron chi connectivity index (χ0n) is 13.3. The molecule has 1 atom stereocenters. The molecule has 0 radical (unpaired) electrons. The van der Waals surface area contributed by atoms with E-state index in [1.165, 1.54) is 47.1 Å². The van der Waals surface area contributed by atoms with Gasteiger partial charge in [0.1, 0.15) is 0 Å². The molecule has 1 aliphatic rings. The summed E-state index contributed by atoms with van der Waals surface area (Å²) in [5.74, 6) is 0.792. The Bertz CT molecular complexity index is 605. The lowest BCUT2D eigenvalue weighted by Crippen LogP contribution is -2.20. The van der Waals surface area contributed by atoms with Crippen molar-refractivity contribution in [3.05, 3.63) is 70.3 Å². The number of nitrogens with one attached hydrogen (secondary N) is 1. The van der Waals surface area contributed by atoms with Gasteiger partial charge in [-0.1, -0.05) is 48.9 Å². The first-order valence-electron chi connectivity index (χ1n) is 8.04. The Morgan fingerprint density at radius 2 is 1.67 bits per heavy atom. The van der Waals surface area contributed by atoms with E-state index in [1.807, 2.05) is 0 Å². The monoisotopic (exact) mass is 279 g/mol. The minimum Gasteiger partial charge on any atom is -0.309 e. The van der Waals surface area contributed by atoms with Crippen LogP contribution in [0, 0.1) is 13.8 Å². The van der Waals surface area contributed by atoms with Gasteiger partial charge in [0.15, 0.2) is 0 Å². The second-order valence-corrected chi connectivity index (χ2v) is 6.33. The molecule has 1 fully saturated rings. The van der Waals surface area contributed by atoms with Gasteiger partial charge in [0.2, 0.25) is 0 Å². The highest BCUT2D eigenvalue weighted by molar-refractivity contribution is 5.43. The molecule has 1 heteroatoms. The lowest BCUT2D eigenvalue weighted by atomic mass is 9.79. The quantitative estimate of drug-likeness (QED) is 0.841. The van der Waals surface area contributed by atoms with Crippen LogP contribution in [0.4, 0.5) is 0 Å². The van der Waals surface area contributed by atoms with E-state index in [-0.39, 0.29) is 6.04 Å². The molecule has 2 aromatic rings. The number of hydrogen-bond donors (Lipinski definition) is 1. The van der Waals surface area contributed by atoms with Crippen LogP contribution in [0.5, 0.6) is 0 Å². The predicted molar refractivity (Wildman–Crippen MR) is 89.9 cm³/mol. The molecule has 1 aliphatic carbocycles. The van der Waals surface area contributed by atoms with E-state index >= 15 is 0 Å². The SMILES string of the molecule is CNC(c1cccc(C2CCC2)c1)c1c(C)cccc1C. The minimum absolute atomic E-state index is 0.284. The fourth-order valence-electron chi connectivity index (χ4n) is 3.49. The molecular formula is C20H25N. The van der Waals surface area contributed by atoms with Crippen molar-refractivity contribution in [2.45, 2.75) is 45.1 Å². The molecule has 1 unspecified atom stereocenters. The molecule has 0 heterocycles. The van der Waals surface area contributed by atoms with Crippen LogP contribution in [0.3, 0.4) is 0 Å². The third-order valence-electron chi connectivity index (χ3n) is 4.94. The van der Waals surface area contributed by atoms with Crippen LogP contribution in [-0.2, 0) is 0 Å². The molecule has 1 saturated carbocycles. The summed E-state index contributed by atoms with van der Waals surface area (Å²) in [6.07, 6.45) is 4.11. The lowest BCUT2D eigenvalue weighted by molar-refractivity contribution is 0.419. The van der Waals surface area contributed by atoms with Gasteiger partial charge in [0.05, 0.1) is 6.04 Å². The van der Waals surface area contributed by atoms with E-state index in [0.29, 0.717) is 0 Å². The van der Waals surface area contributed by atoms with Crippen molar-refractivity contribution >= 4 is 0 Å². The summed E-state index contributed by atoms with van der Waals surface area (Å²) >= 11 is 0. The molecule has 1 nitrogen and oxygen atoms in total. The van der Waals surface area contributed by atoms with Crippen molar-refractivity contribution in [3.63, 3.8) is 0 Å². The van der Waals surface area contributed by atoms with E-state index in [9.17, 15) is 0 Å². The van der Waals surface area contributed by atoms with Gasteiger partial charge in [0, 0.05) is 0 Å². The van der Waals surface area contributed by atoms with Gasteiger partial charge in [-0.3, -0.25) is 0 Å². The van der Waals surface area contributed by atoms with E-state index < -0.39 is 0 Å². The third-order valence-corrected chi connectivity index (χ3v) is 4.94. The topological polar surface area (TPSA) is 12.0 Å². The summed E-state index contributed by atoms with van der Waals surface area (Å²) in [5.41, 5.74) is 7.06. The molecule has 0 aromatic heterocycles. The standard InChI is InChI=1S/C20H25N/c1-14-7-4-8-15(2)19(14)20(21-3)18-12-6-11-17(13-18)16-9-5-10-16/h4,6-8,11-13,16,20-21H,5,9-10H2,1-3H3. The second kappa shape index (κ2) is 6.03. The Balaban J connectivity index is 2.00. The number of benzene rings is 2. The minimum atomic E-state index is 0.284. The zero-order valence-corrected chi connectivity index (χ0v) is 13.3. The molecule has 3 rings (SSSR count). The van der Waals surface area contributed by atoms with Crippen molar-refractivity contribution in [1.29, 1.82) is 0 Å². The molecule has 0 saturated heterocycles. The van der Waals surface area contributed by atoms with Crippen molar-refractivity contribution in [2.24, 2.45) is 0 Å². The van der Waals surface area contributed by atoms with Crippen molar-refractivity contribution in [3.8, 4) is 0 Å². The maximum Gasteiger partial charge on any atom is 0.0579 e. The van der Waals surface area contributed by atoms with Crippen molar-refractivity contribution < 1.29 is 0 Å². The van der Waals surface area contributed by atoms with Gasteiger partial charge in [-0.25, -0.2) is 0 Å². The Hall–Kier alpha value is -1.60. The third kappa shape index (κ3) is 2.75. The van der Waals surface area contributed by atoms with Crippen LogP contribution in [0.1, 0.15) is 59.0 Å². The molecule has 2 aromatic carbocycles. The van der Waals surface area contributed by atoms with Crippen molar-refractivity contribution in [2.75, 3.05) is 7.05 Å². The lowest BCUT2D eigenvalue weighted by Gasteiger charge is -2.28. The molecule has 0 spiro atoms. The van der Waals surface area contributed by atoms with E-state index in [2.05, 4.69) is 68.7 Å².